The van der Waals surface area contributed by atoms with Crippen molar-refractivity contribution in [3.05, 3.63) is 35.9 Å². The molecule has 0 spiro atoms. The van der Waals surface area contributed by atoms with Gasteiger partial charge in [-0.2, -0.15) is 0 Å². The lowest BCUT2D eigenvalue weighted by Crippen LogP contribution is -2.40. The Labute approximate surface area is 156 Å². The Bertz CT molecular complexity index is 558. The SMILES string of the molecule is N[C@@H]1CCC[C@H]1CC(=O)NCC1CCN(CC(O)c2ccccc2)CC1. The first-order valence-corrected chi connectivity index (χ1v) is 10.1. The monoisotopic (exact) mass is 359 g/mol. The molecule has 0 radical (unpaired) electrons. The van der Waals surface area contributed by atoms with E-state index in [1.165, 1.54) is 0 Å². The summed E-state index contributed by atoms with van der Waals surface area (Å²) in [7, 11) is 0. The van der Waals surface area contributed by atoms with Gasteiger partial charge in [0, 0.05) is 25.6 Å². The molecule has 4 N–H and O–H groups in total. The normalized spacial score (nSPS) is 25.9. The van der Waals surface area contributed by atoms with Gasteiger partial charge in [-0.1, -0.05) is 36.8 Å². The van der Waals surface area contributed by atoms with E-state index in [0.717, 1.165) is 57.3 Å². The third-order valence-electron chi connectivity index (χ3n) is 6.08. The molecule has 0 bridgehead atoms. The lowest BCUT2D eigenvalue weighted by molar-refractivity contribution is -0.122. The standard InChI is InChI=1S/C21H33N3O2/c22-19-8-4-7-18(19)13-21(26)23-14-16-9-11-24(12-10-16)15-20(25)17-5-2-1-3-6-17/h1-3,5-6,16,18-20,25H,4,7-15,22H2,(H,23,26)/t18-,19+,20?/m0/s1. The fourth-order valence-electron chi connectivity index (χ4n) is 4.29. The van der Waals surface area contributed by atoms with Crippen LogP contribution >= 0.6 is 0 Å². The van der Waals surface area contributed by atoms with Crippen LogP contribution in [-0.4, -0.2) is 48.1 Å². The highest BCUT2D eigenvalue weighted by Crippen LogP contribution is 2.26. The zero-order valence-electron chi connectivity index (χ0n) is 15.6. The van der Waals surface area contributed by atoms with Gasteiger partial charge in [-0.25, -0.2) is 0 Å². The maximum Gasteiger partial charge on any atom is 0.220 e. The molecule has 5 nitrogen and oxygen atoms in total. The maximum atomic E-state index is 12.1. The lowest BCUT2D eigenvalue weighted by Gasteiger charge is -2.33. The van der Waals surface area contributed by atoms with Crippen LogP contribution in [0.1, 0.15) is 50.2 Å². The van der Waals surface area contributed by atoms with Gasteiger partial charge in [0.1, 0.15) is 0 Å². The van der Waals surface area contributed by atoms with Crippen LogP contribution < -0.4 is 11.1 Å². The predicted molar refractivity (Wildman–Crippen MR) is 104 cm³/mol. The van der Waals surface area contributed by atoms with E-state index in [1.54, 1.807) is 0 Å². The number of piperidine rings is 1. The first-order chi connectivity index (χ1) is 12.6. The Balaban J connectivity index is 1.33. The van der Waals surface area contributed by atoms with E-state index in [-0.39, 0.29) is 11.9 Å². The molecule has 1 aromatic rings. The molecule has 2 fully saturated rings. The van der Waals surface area contributed by atoms with Crippen molar-refractivity contribution in [1.82, 2.24) is 10.2 Å². The maximum absolute atomic E-state index is 12.1. The number of nitrogens with one attached hydrogen (secondary N) is 1. The number of hydrogen-bond donors (Lipinski definition) is 3. The summed E-state index contributed by atoms with van der Waals surface area (Å²) in [5, 5.41) is 13.5. The molecule has 1 aliphatic heterocycles. The van der Waals surface area contributed by atoms with E-state index in [1.807, 2.05) is 30.3 Å². The van der Waals surface area contributed by atoms with Crippen molar-refractivity contribution in [1.29, 1.82) is 0 Å². The Morgan fingerprint density at radius 1 is 1.19 bits per heavy atom. The topological polar surface area (TPSA) is 78.6 Å². The summed E-state index contributed by atoms with van der Waals surface area (Å²) < 4.78 is 0. The molecule has 1 aromatic carbocycles. The summed E-state index contributed by atoms with van der Waals surface area (Å²) in [6.07, 6.45) is 5.62. The Hall–Kier alpha value is -1.43. The van der Waals surface area contributed by atoms with Crippen LogP contribution in [0.5, 0.6) is 0 Å². The number of carbonyl (C=O) groups excluding carboxylic acids is 1. The molecule has 1 saturated carbocycles. The molecule has 1 amide bonds. The van der Waals surface area contributed by atoms with E-state index in [2.05, 4.69) is 10.2 Å². The van der Waals surface area contributed by atoms with E-state index in [0.29, 0.717) is 24.8 Å². The van der Waals surface area contributed by atoms with Crippen molar-refractivity contribution in [2.24, 2.45) is 17.6 Å². The fourth-order valence-corrected chi connectivity index (χ4v) is 4.29. The molecule has 3 atom stereocenters. The van der Waals surface area contributed by atoms with E-state index in [9.17, 15) is 9.90 Å². The molecule has 1 saturated heterocycles. The highest BCUT2D eigenvalue weighted by Gasteiger charge is 2.27. The molecule has 144 valence electrons. The predicted octanol–water partition coefficient (Wildman–Crippen LogP) is 2.07. The summed E-state index contributed by atoms with van der Waals surface area (Å²) in [6.45, 7) is 3.42. The molecule has 2 aliphatic rings. The van der Waals surface area contributed by atoms with Crippen molar-refractivity contribution in [2.75, 3.05) is 26.2 Å². The largest absolute Gasteiger partial charge is 0.387 e. The number of β-amino-alcohol motifs (C(OH)–C–C–N with tert-alkyl or cyclic N) is 1. The van der Waals surface area contributed by atoms with Crippen LogP contribution in [0.4, 0.5) is 0 Å². The molecule has 26 heavy (non-hydrogen) atoms. The average Bonchev–Trinajstić information content (AvgIpc) is 3.06. The Morgan fingerprint density at radius 2 is 1.92 bits per heavy atom. The first-order valence-electron chi connectivity index (χ1n) is 10.1. The highest BCUT2D eigenvalue weighted by atomic mass is 16.3. The molecule has 5 heteroatoms. The number of rotatable bonds is 7. The fraction of sp³-hybridized carbons (Fsp3) is 0.667. The van der Waals surface area contributed by atoms with Gasteiger partial charge >= 0.3 is 0 Å². The second-order valence-corrected chi connectivity index (χ2v) is 8.03. The number of carbonyl (C=O) groups is 1. The van der Waals surface area contributed by atoms with E-state index in [4.69, 9.17) is 5.73 Å². The van der Waals surface area contributed by atoms with Gasteiger partial charge < -0.3 is 21.1 Å². The number of benzene rings is 1. The van der Waals surface area contributed by atoms with E-state index < -0.39 is 6.10 Å². The van der Waals surface area contributed by atoms with Crippen molar-refractivity contribution in [3.63, 3.8) is 0 Å². The number of hydrogen-bond acceptors (Lipinski definition) is 4. The van der Waals surface area contributed by atoms with Gasteiger partial charge in [-0.3, -0.25) is 4.79 Å². The van der Waals surface area contributed by atoms with Crippen molar-refractivity contribution < 1.29 is 9.90 Å². The summed E-state index contributed by atoms with van der Waals surface area (Å²) in [5.74, 6) is 1.08. The third-order valence-corrected chi connectivity index (χ3v) is 6.08. The molecular weight excluding hydrogens is 326 g/mol. The second kappa shape index (κ2) is 9.49. The van der Waals surface area contributed by atoms with Gasteiger partial charge in [0.15, 0.2) is 0 Å². The minimum Gasteiger partial charge on any atom is -0.387 e. The Kier molecular flexibility index (Phi) is 7.06. The minimum atomic E-state index is -0.428. The van der Waals surface area contributed by atoms with Crippen LogP contribution in [0.3, 0.4) is 0 Å². The van der Waals surface area contributed by atoms with Crippen molar-refractivity contribution in [2.45, 2.75) is 50.7 Å². The third kappa shape index (κ3) is 5.53. The number of nitrogens with two attached hydrogens (primary N) is 1. The average molecular weight is 360 g/mol. The highest BCUT2D eigenvalue weighted by molar-refractivity contribution is 5.76. The quantitative estimate of drug-likeness (QED) is 0.696. The Morgan fingerprint density at radius 3 is 2.58 bits per heavy atom. The van der Waals surface area contributed by atoms with Gasteiger partial charge in [-0.05, 0) is 56.2 Å². The zero-order valence-corrected chi connectivity index (χ0v) is 15.6. The molecule has 1 heterocycles. The number of amides is 1. The van der Waals surface area contributed by atoms with E-state index >= 15 is 0 Å². The molecule has 1 aliphatic carbocycles. The zero-order chi connectivity index (χ0) is 18.4. The summed E-state index contributed by atoms with van der Waals surface area (Å²) in [4.78, 5) is 14.5. The molecular formula is C21H33N3O2. The van der Waals surface area contributed by atoms with Crippen LogP contribution in [-0.2, 0) is 4.79 Å². The van der Waals surface area contributed by atoms with Gasteiger partial charge in [-0.15, -0.1) is 0 Å². The number of likely N-dealkylation sites (tertiary alicyclic amines) is 1. The molecule has 0 aromatic heterocycles. The van der Waals surface area contributed by atoms with Gasteiger partial charge in [0.25, 0.3) is 0 Å². The minimum absolute atomic E-state index is 0.161. The van der Waals surface area contributed by atoms with Gasteiger partial charge in [0.2, 0.25) is 5.91 Å². The summed E-state index contributed by atoms with van der Waals surface area (Å²) >= 11 is 0. The molecule has 1 unspecified atom stereocenters. The van der Waals surface area contributed by atoms with Gasteiger partial charge in [0.05, 0.1) is 6.10 Å². The summed E-state index contributed by atoms with van der Waals surface area (Å²) in [6, 6.07) is 10.1. The molecule has 3 rings (SSSR count). The smallest absolute Gasteiger partial charge is 0.220 e. The van der Waals surface area contributed by atoms with Crippen LogP contribution in [0.2, 0.25) is 0 Å². The number of nitrogens with zero attached hydrogens (tertiary/aromatic N) is 1. The summed E-state index contributed by atoms with van der Waals surface area (Å²) in [5.41, 5.74) is 7.04. The lowest BCUT2D eigenvalue weighted by atomic mass is 9.95. The van der Waals surface area contributed by atoms with Crippen LogP contribution in [0.25, 0.3) is 0 Å². The first kappa shape index (κ1) is 19.3. The van der Waals surface area contributed by atoms with Crippen molar-refractivity contribution in [3.8, 4) is 0 Å². The second-order valence-electron chi connectivity index (χ2n) is 8.03. The van der Waals surface area contributed by atoms with Crippen LogP contribution in [0.15, 0.2) is 30.3 Å². The van der Waals surface area contributed by atoms with Crippen LogP contribution in [0, 0.1) is 11.8 Å². The number of aliphatic hydroxyl groups is 1. The van der Waals surface area contributed by atoms with Crippen molar-refractivity contribution >= 4 is 5.91 Å². The number of aliphatic hydroxyl groups excluding tert-OH is 1.